The number of furan rings is 1. The predicted octanol–water partition coefficient (Wildman–Crippen LogP) is 3.30. The van der Waals surface area contributed by atoms with Crippen LogP contribution in [0.3, 0.4) is 0 Å². The monoisotopic (exact) mass is 383 g/mol. The zero-order chi connectivity index (χ0) is 16.8. The fourth-order valence-corrected chi connectivity index (χ4v) is 2.95. The molecule has 0 saturated heterocycles. The number of tetrazole rings is 1. The van der Waals surface area contributed by atoms with Crippen molar-refractivity contribution in [3.05, 3.63) is 48.0 Å². The van der Waals surface area contributed by atoms with Gasteiger partial charge >= 0.3 is 0 Å². The number of nitrogens with zero attached hydrogens (tertiary/aromatic N) is 4. The van der Waals surface area contributed by atoms with E-state index in [0.29, 0.717) is 6.54 Å². The maximum Gasteiger partial charge on any atom is 0.209 e. The van der Waals surface area contributed by atoms with Crippen LogP contribution in [0, 0.1) is 5.82 Å². The van der Waals surface area contributed by atoms with Crippen molar-refractivity contribution in [1.82, 2.24) is 25.5 Å². The van der Waals surface area contributed by atoms with Crippen LogP contribution in [0.2, 0.25) is 0 Å². The van der Waals surface area contributed by atoms with Gasteiger partial charge in [-0.05, 0) is 59.8 Å². The summed E-state index contributed by atoms with van der Waals surface area (Å²) in [5.74, 6) is 2.30. The van der Waals surface area contributed by atoms with E-state index in [1.54, 1.807) is 28.6 Å². The summed E-state index contributed by atoms with van der Waals surface area (Å²) in [6, 6.07) is 10.1. The Morgan fingerprint density at radius 3 is 2.72 bits per heavy atom. The third-order valence-corrected chi connectivity index (χ3v) is 4.50. The van der Waals surface area contributed by atoms with E-state index in [1.165, 1.54) is 12.1 Å². The smallest absolute Gasteiger partial charge is 0.209 e. The Hall–Kier alpha value is -1.90. The number of thioether (sulfide) groups is 1. The van der Waals surface area contributed by atoms with Crippen molar-refractivity contribution in [3.63, 3.8) is 0 Å². The van der Waals surface area contributed by atoms with Gasteiger partial charge in [0.25, 0.3) is 0 Å². The highest BCUT2D eigenvalue weighted by Gasteiger charge is 2.05. The van der Waals surface area contributed by atoms with E-state index in [9.17, 15) is 4.39 Å². The molecule has 0 aliphatic rings. The number of hydrogen-bond donors (Lipinski definition) is 1. The first-order chi connectivity index (χ1) is 11.7. The normalized spacial score (nSPS) is 10.6. The number of halogens is 2. The van der Waals surface area contributed by atoms with Crippen LogP contribution in [0.1, 0.15) is 12.2 Å². The summed E-state index contributed by atoms with van der Waals surface area (Å²) >= 11 is 1.64. The fourth-order valence-electron chi connectivity index (χ4n) is 2.16. The lowest BCUT2D eigenvalue weighted by Crippen LogP contribution is -2.14. The number of aromatic nitrogens is 4. The van der Waals surface area contributed by atoms with Crippen LogP contribution in [0.25, 0.3) is 11.3 Å². The van der Waals surface area contributed by atoms with Gasteiger partial charge < -0.3 is 9.73 Å². The number of nitrogens with one attached hydrogen (secondary N) is 1. The Balaban J connectivity index is 0.00000225. The van der Waals surface area contributed by atoms with E-state index in [4.69, 9.17) is 4.42 Å². The molecular weight excluding hydrogens is 365 g/mol. The summed E-state index contributed by atoms with van der Waals surface area (Å²) < 4.78 is 20.4. The van der Waals surface area contributed by atoms with Crippen molar-refractivity contribution in [2.24, 2.45) is 7.05 Å². The lowest BCUT2D eigenvalue weighted by atomic mass is 10.2. The Bertz CT molecular complexity index is 777. The molecule has 3 aromatic rings. The zero-order valence-corrected chi connectivity index (χ0v) is 15.3. The second kappa shape index (κ2) is 9.55. The Kier molecular flexibility index (Phi) is 7.42. The highest BCUT2D eigenvalue weighted by molar-refractivity contribution is 7.99. The summed E-state index contributed by atoms with van der Waals surface area (Å²) in [5, 5.41) is 15.5. The molecule has 2 heterocycles. The molecule has 0 saturated carbocycles. The number of aryl methyl sites for hydroxylation is 1. The van der Waals surface area contributed by atoms with Crippen LogP contribution in [-0.4, -0.2) is 32.5 Å². The lowest BCUT2D eigenvalue weighted by Gasteiger charge is -2.02. The number of hydrogen-bond acceptors (Lipinski definition) is 6. The molecule has 134 valence electrons. The second-order valence-electron chi connectivity index (χ2n) is 5.24. The largest absolute Gasteiger partial charge is 0.460 e. The molecule has 6 nitrogen and oxygen atoms in total. The first kappa shape index (κ1) is 19.4. The van der Waals surface area contributed by atoms with Gasteiger partial charge in [-0.1, -0.05) is 11.8 Å². The maximum atomic E-state index is 12.9. The molecule has 1 aromatic carbocycles. The molecule has 0 radical (unpaired) electrons. The summed E-state index contributed by atoms with van der Waals surface area (Å²) in [6.07, 6.45) is 1.00. The van der Waals surface area contributed by atoms with E-state index < -0.39 is 0 Å². The molecule has 25 heavy (non-hydrogen) atoms. The van der Waals surface area contributed by atoms with Gasteiger partial charge in [-0.2, -0.15) is 0 Å². The van der Waals surface area contributed by atoms with Crippen molar-refractivity contribution in [2.75, 3.05) is 12.3 Å². The molecule has 0 amide bonds. The minimum atomic E-state index is -0.248. The molecule has 2 aromatic heterocycles. The molecule has 0 atom stereocenters. The topological polar surface area (TPSA) is 68.8 Å². The maximum absolute atomic E-state index is 12.9. The standard InChI is InChI=1S/C16H18FN5OS.ClH/c1-22-16(19-20-21-22)24-10-2-9-18-11-14-7-8-15(23-14)12-3-5-13(17)6-4-12;/h3-8,18H,2,9-11H2,1H3;1H. The van der Waals surface area contributed by atoms with Gasteiger partial charge in [0.05, 0.1) is 6.54 Å². The Morgan fingerprint density at radius 1 is 1.20 bits per heavy atom. The molecule has 0 aliphatic carbocycles. The predicted molar refractivity (Wildman–Crippen MR) is 97.2 cm³/mol. The molecule has 0 unspecified atom stereocenters. The third-order valence-electron chi connectivity index (χ3n) is 3.40. The van der Waals surface area contributed by atoms with E-state index in [1.807, 2.05) is 19.2 Å². The van der Waals surface area contributed by atoms with Gasteiger partial charge in [-0.3, -0.25) is 0 Å². The third kappa shape index (κ3) is 5.55. The minimum Gasteiger partial charge on any atom is -0.460 e. The average Bonchev–Trinajstić information content (AvgIpc) is 3.21. The van der Waals surface area contributed by atoms with Crippen molar-refractivity contribution < 1.29 is 8.81 Å². The highest BCUT2D eigenvalue weighted by atomic mass is 35.5. The van der Waals surface area contributed by atoms with E-state index in [0.717, 1.165) is 41.0 Å². The first-order valence-electron chi connectivity index (χ1n) is 7.63. The molecule has 0 fully saturated rings. The summed E-state index contributed by atoms with van der Waals surface area (Å²) in [4.78, 5) is 0. The van der Waals surface area contributed by atoms with Crippen molar-refractivity contribution in [1.29, 1.82) is 0 Å². The van der Waals surface area contributed by atoms with Crippen molar-refractivity contribution in [3.8, 4) is 11.3 Å². The first-order valence-corrected chi connectivity index (χ1v) is 8.61. The van der Waals surface area contributed by atoms with Gasteiger partial charge in [0.1, 0.15) is 17.3 Å². The van der Waals surface area contributed by atoms with Crippen LogP contribution in [0.15, 0.2) is 46.0 Å². The second-order valence-corrected chi connectivity index (χ2v) is 6.30. The van der Waals surface area contributed by atoms with Crippen molar-refractivity contribution in [2.45, 2.75) is 18.1 Å². The molecular formula is C16H19ClFN5OS. The van der Waals surface area contributed by atoms with Crippen LogP contribution in [0.5, 0.6) is 0 Å². The SMILES string of the molecule is Cl.Cn1nnnc1SCCCNCc1ccc(-c2ccc(F)cc2)o1. The van der Waals surface area contributed by atoms with Crippen LogP contribution in [0.4, 0.5) is 4.39 Å². The molecule has 0 aliphatic heterocycles. The summed E-state index contributed by atoms with van der Waals surface area (Å²) in [6.45, 7) is 1.54. The van der Waals surface area contributed by atoms with Gasteiger partial charge in [0.2, 0.25) is 5.16 Å². The summed E-state index contributed by atoms with van der Waals surface area (Å²) in [5.41, 5.74) is 0.872. The Morgan fingerprint density at radius 2 is 2.00 bits per heavy atom. The average molecular weight is 384 g/mol. The van der Waals surface area contributed by atoms with E-state index in [-0.39, 0.29) is 18.2 Å². The number of benzene rings is 1. The van der Waals surface area contributed by atoms with Crippen LogP contribution < -0.4 is 5.32 Å². The molecule has 0 spiro atoms. The summed E-state index contributed by atoms with van der Waals surface area (Å²) in [7, 11) is 1.83. The van der Waals surface area contributed by atoms with Crippen LogP contribution in [-0.2, 0) is 13.6 Å². The highest BCUT2D eigenvalue weighted by Crippen LogP contribution is 2.22. The van der Waals surface area contributed by atoms with Gasteiger partial charge in [0.15, 0.2) is 0 Å². The minimum absolute atomic E-state index is 0. The van der Waals surface area contributed by atoms with E-state index >= 15 is 0 Å². The van der Waals surface area contributed by atoms with Crippen LogP contribution >= 0.6 is 24.2 Å². The zero-order valence-electron chi connectivity index (χ0n) is 13.7. The van der Waals surface area contributed by atoms with E-state index in [2.05, 4.69) is 20.8 Å². The molecule has 0 bridgehead atoms. The molecule has 9 heteroatoms. The molecule has 1 N–H and O–H groups in total. The molecule has 3 rings (SSSR count). The van der Waals surface area contributed by atoms with Crippen molar-refractivity contribution >= 4 is 24.2 Å². The lowest BCUT2D eigenvalue weighted by molar-refractivity contribution is 0.494. The van der Waals surface area contributed by atoms with Gasteiger partial charge in [-0.25, -0.2) is 9.07 Å². The number of rotatable bonds is 8. The fraction of sp³-hybridized carbons (Fsp3) is 0.312. The van der Waals surface area contributed by atoms with Gasteiger partial charge in [0, 0.05) is 18.4 Å². The van der Waals surface area contributed by atoms with Gasteiger partial charge in [-0.15, -0.1) is 17.5 Å². The Labute approximate surface area is 155 Å². The quantitative estimate of drug-likeness (QED) is 0.475.